The topological polar surface area (TPSA) is 43.4 Å². The Morgan fingerprint density at radius 2 is 2.07 bits per heavy atom. The minimum atomic E-state index is -3.67. The molecule has 0 saturated carbocycles. The second-order valence-electron chi connectivity index (χ2n) is 2.49. The summed E-state index contributed by atoms with van der Waals surface area (Å²) >= 11 is 8.52. The molecule has 0 radical (unpaired) electrons. The average molecular weight is 304 g/mol. The molecule has 1 aromatic rings. The number of halogens is 3. The third-order valence-corrected chi connectivity index (χ3v) is 2.54. The summed E-state index contributed by atoms with van der Waals surface area (Å²) in [6.45, 7) is 0. The van der Waals surface area contributed by atoms with Crippen molar-refractivity contribution >= 4 is 37.6 Å². The predicted molar refractivity (Wildman–Crippen MR) is 54.6 cm³/mol. The lowest BCUT2D eigenvalue weighted by Crippen LogP contribution is -2.06. The van der Waals surface area contributed by atoms with Crippen LogP contribution in [0.15, 0.2) is 16.6 Å². The van der Waals surface area contributed by atoms with E-state index in [4.69, 9.17) is 11.6 Å². The van der Waals surface area contributed by atoms with Crippen molar-refractivity contribution in [3.05, 3.63) is 27.4 Å². The number of rotatable bonds is 2. The van der Waals surface area contributed by atoms with E-state index >= 15 is 0 Å². The van der Waals surface area contributed by atoms with Gasteiger partial charge in [-0.3, -0.25) is 0 Å². The van der Waals surface area contributed by atoms with E-state index in [2.05, 4.69) is 20.1 Å². The van der Waals surface area contributed by atoms with Gasteiger partial charge in [0.25, 0.3) is 0 Å². The second-order valence-corrected chi connectivity index (χ2v) is 5.32. The average Bonchev–Trinajstić information content (AvgIpc) is 1.95. The van der Waals surface area contributed by atoms with E-state index in [0.717, 1.165) is 18.4 Å². The van der Waals surface area contributed by atoms with Crippen LogP contribution in [-0.4, -0.2) is 14.7 Å². The number of hydrogen-bond acceptors (Lipinski definition) is 3. The van der Waals surface area contributed by atoms with Gasteiger partial charge in [-0.15, -0.1) is 0 Å². The standard InChI is InChI=1S/C7H5BrClFO3S/c1-14(11,12)13-7-5(8)2-4(10)3-6(7)9/h2-3H,1H3. The first-order valence-electron chi connectivity index (χ1n) is 3.33. The second kappa shape index (κ2) is 4.04. The van der Waals surface area contributed by atoms with Crippen molar-refractivity contribution in [2.24, 2.45) is 0 Å². The Morgan fingerprint density at radius 3 is 2.50 bits per heavy atom. The summed E-state index contributed by atoms with van der Waals surface area (Å²) < 4.78 is 39.0. The number of hydrogen-bond donors (Lipinski definition) is 0. The molecule has 0 unspecified atom stereocenters. The van der Waals surface area contributed by atoms with Gasteiger partial charge in [-0.1, -0.05) is 11.6 Å². The molecule has 1 rings (SSSR count). The van der Waals surface area contributed by atoms with Crippen molar-refractivity contribution in [3.63, 3.8) is 0 Å². The maximum atomic E-state index is 12.7. The lowest BCUT2D eigenvalue weighted by molar-refractivity contribution is 0.490. The Labute approximate surface area is 94.1 Å². The molecule has 0 aliphatic carbocycles. The summed E-state index contributed by atoms with van der Waals surface area (Å²) in [6.07, 6.45) is 0.874. The zero-order valence-electron chi connectivity index (χ0n) is 6.92. The molecule has 0 spiro atoms. The summed E-state index contributed by atoms with van der Waals surface area (Å²) in [4.78, 5) is 0. The van der Waals surface area contributed by atoms with Gasteiger partial charge in [-0.25, -0.2) is 4.39 Å². The van der Waals surface area contributed by atoms with Crippen LogP contribution in [0.25, 0.3) is 0 Å². The van der Waals surface area contributed by atoms with Gasteiger partial charge in [0.05, 0.1) is 15.8 Å². The molecule has 0 saturated heterocycles. The highest BCUT2D eigenvalue weighted by atomic mass is 79.9. The first kappa shape index (κ1) is 11.7. The fourth-order valence-corrected chi connectivity index (χ4v) is 2.27. The summed E-state index contributed by atoms with van der Waals surface area (Å²) in [7, 11) is -3.67. The normalized spacial score (nSPS) is 11.4. The first-order chi connectivity index (χ1) is 6.29. The van der Waals surface area contributed by atoms with Gasteiger partial charge in [0, 0.05) is 0 Å². The third kappa shape index (κ3) is 3.11. The molecule has 1 aromatic carbocycles. The van der Waals surface area contributed by atoms with Crippen LogP contribution in [0.4, 0.5) is 4.39 Å². The molecule has 0 aliphatic rings. The zero-order valence-corrected chi connectivity index (χ0v) is 10.1. The Kier molecular flexibility index (Phi) is 3.39. The summed E-state index contributed by atoms with van der Waals surface area (Å²) in [5.41, 5.74) is 0. The van der Waals surface area contributed by atoms with Crippen molar-refractivity contribution < 1.29 is 17.0 Å². The fraction of sp³-hybridized carbons (Fsp3) is 0.143. The number of benzene rings is 1. The largest absolute Gasteiger partial charge is 0.380 e. The van der Waals surface area contributed by atoms with Crippen molar-refractivity contribution in [2.45, 2.75) is 0 Å². The Balaban J connectivity index is 3.22. The Bertz CT molecular complexity index is 437. The fourth-order valence-electron chi connectivity index (χ4n) is 0.760. The van der Waals surface area contributed by atoms with Crippen molar-refractivity contribution in [3.8, 4) is 5.75 Å². The van der Waals surface area contributed by atoms with Crippen molar-refractivity contribution in [2.75, 3.05) is 6.26 Å². The molecule has 0 N–H and O–H groups in total. The molecular weight excluding hydrogens is 298 g/mol. The molecule has 0 bridgehead atoms. The van der Waals surface area contributed by atoms with Gasteiger partial charge < -0.3 is 4.18 Å². The zero-order chi connectivity index (χ0) is 10.9. The van der Waals surface area contributed by atoms with Crippen LogP contribution in [0.2, 0.25) is 5.02 Å². The van der Waals surface area contributed by atoms with E-state index in [0.29, 0.717) is 0 Å². The van der Waals surface area contributed by atoms with Crippen LogP contribution in [0.1, 0.15) is 0 Å². The van der Waals surface area contributed by atoms with Gasteiger partial charge in [0.15, 0.2) is 5.75 Å². The molecule has 78 valence electrons. The van der Waals surface area contributed by atoms with Crippen LogP contribution < -0.4 is 4.18 Å². The van der Waals surface area contributed by atoms with Crippen molar-refractivity contribution in [1.82, 2.24) is 0 Å². The molecule has 7 heteroatoms. The van der Waals surface area contributed by atoms with E-state index in [1.54, 1.807) is 0 Å². The highest BCUT2D eigenvalue weighted by Gasteiger charge is 2.14. The van der Waals surface area contributed by atoms with Gasteiger partial charge in [-0.2, -0.15) is 8.42 Å². The first-order valence-corrected chi connectivity index (χ1v) is 6.32. The van der Waals surface area contributed by atoms with Crippen LogP contribution in [0.3, 0.4) is 0 Å². The predicted octanol–water partition coefficient (Wildman–Crippen LogP) is 2.58. The maximum absolute atomic E-state index is 12.7. The summed E-state index contributed by atoms with van der Waals surface area (Å²) in [6, 6.07) is 2.03. The van der Waals surface area contributed by atoms with Crippen LogP contribution in [0, 0.1) is 5.82 Å². The molecule has 0 amide bonds. The van der Waals surface area contributed by atoms with Gasteiger partial charge >= 0.3 is 10.1 Å². The van der Waals surface area contributed by atoms with Crippen molar-refractivity contribution in [1.29, 1.82) is 0 Å². The lowest BCUT2D eigenvalue weighted by Gasteiger charge is -2.07. The van der Waals surface area contributed by atoms with E-state index in [9.17, 15) is 12.8 Å². The van der Waals surface area contributed by atoms with Gasteiger partial charge in [0.2, 0.25) is 0 Å². The minimum absolute atomic E-state index is 0.109. The van der Waals surface area contributed by atoms with Gasteiger partial charge in [0.1, 0.15) is 5.82 Å². The molecule has 0 atom stereocenters. The highest BCUT2D eigenvalue weighted by molar-refractivity contribution is 9.10. The quantitative estimate of drug-likeness (QED) is 0.789. The highest BCUT2D eigenvalue weighted by Crippen LogP contribution is 2.34. The van der Waals surface area contributed by atoms with E-state index in [-0.39, 0.29) is 15.2 Å². The Morgan fingerprint density at radius 1 is 1.50 bits per heavy atom. The van der Waals surface area contributed by atoms with Crippen LogP contribution in [-0.2, 0) is 10.1 Å². The smallest absolute Gasteiger partial charge is 0.306 e. The van der Waals surface area contributed by atoms with Gasteiger partial charge in [-0.05, 0) is 28.1 Å². The maximum Gasteiger partial charge on any atom is 0.306 e. The lowest BCUT2D eigenvalue weighted by atomic mass is 10.3. The van der Waals surface area contributed by atoms with Crippen LogP contribution in [0.5, 0.6) is 5.75 Å². The molecule has 0 fully saturated rings. The summed E-state index contributed by atoms with van der Waals surface area (Å²) in [5.74, 6) is -0.696. The molecule has 0 aromatic heterocycles. The van der Waals surface area contributed by atoms with Crippen LogP contribution >= 0.6 is 27.5 Å². The SMILES string of the molecule is CS(=O)(=O)Oc1c(Cl)cc(F)cc1Br. The molecule has 0 heterocycles. The van der Waals surface area contributed by atoms with E-state index in [1.165, 1.54) is 0 Å². The third-order valence-electron chi connectivity index (χ3n) is 1.20. The molecule has 14 heavy (non-hydrogen) atoms. The summed E-state index contributed by atoms with van der Waals surface area (Å²) in [5, 5.41) is -0.109. The molecule has 3 nitrogen and oxygen atoms in total. The van der Waals surface area contributed by atoms with E-state index < -0.39 is 15.9 Å². The Hall–Kier alpha value is -0.330. The monoisotopic (exact) mass is 302 g/mol. The molecular formula is C7H5BrClFO3S. The van der Waals surface area contributed by atoms with E-state index in [1.807, 2.05) is 0 Å². The minimum Gasteiger partial charge on any atom is -0.380 e. The molecule has 0 aliphatic heterocycles.